The normalized spacial score (nSPS) is 19.8. The maximum Gasteiger partial charge on any atom is 0.0250 e. The fourth-order valence-corrected chi connectivity index (χ4v) is 3.06. The van der Waals surface area contributed by atoms with Gasteiger partial charge in [0.05, 0.1) is 0 Å². The average Bonchev–Trinajstić information content (AvgIpc) is 2.61. The molecule has 0 aromatic heterocycles. The lowest BCUT2D eigenvalue weighted by Crippen LogP contribution is -2.37. The summed E-state index contributed by atoms with van der Waals surface area (Å²) in [6.07, 6.45) is 2.61. The third-order valence-corrected chi connectivity index (χ3v) is 4.53. The van der Waals surface area contributed by atoms with Crippen molar-refractivity contribution in [1.29, 1.82) is 0 Å². The highest BCUT2D eigenvalue weighted by molar-refractivity contribution is 9.10. The van der Waals surface area contributed by atoms with Gasteiger partial charge in [0, 0.05) is 23.1 Å². The Balaban J connectivity index is 2.13. The van der Waals surface area contributed by atoms with E-state index in [9.17, 15) is 0 Å². The summed E-state index contributed by atoms with van der Waals surface area (Å²) in [6.45, 7) is 7.51. The van der Waals surface area contributed by atoms with Crippen molar-refractivity contribution in [2.75, 3.05) is 6.54 Å². The second-order valence-corrected chi connectivity index (χ2v) is 6.32. The van der Waals surface area contributed by atoms with Crippen LogP contribution in [-0.4, -0.2) is 17.0 Å². The summed E-state index contributed by atoms with van der Waals surface area (Å²) in [7, 11) is 0. The molecule has 1 aromatic rings. The van der Waals surface area contributed by atoms with E-state index in [4.69, 9.17) is 5.73 Å². The molecule has 2 rings (SSSR count). The summed E-state index contributed by atoms with van der Waals surface area (Å²) >= 11 is 3.65. The molecule has 0 amide bonds. The van der Waals surface area contributed by atoms with Gasteiger partial charge in [-0.25, -0.2) is 0 Å². The molecule has 2 nitrogen and oxygen atoms in total. The summed E-state index contributed by atoms with van der Waals surface area (Å²) in [5, 5.41) is 0. The standard InChI is InChI=1S/C14H21BrN2/c1-14(2)6-3-7-17(14)10-12-5-4-11(9-16)8-13(12)15/h4-5,8H,3,6-7,9-10,16H2,1-2H3. The number of likely N-dealkylation sites (tertiary alicyclic amines) is 1. The number of hydrogen-bond acceptors (Lipinski definition) is 2. The van der Waals surface area contributed by atoms with E-state index in [1.165, 1.54) is 35.0 Å². The molecule has 3 heteroatoms. The van der Waals surface area contributed by atoms with E-state index in [-0.39, 0.29) is 0 Å². The Morgan fingerprint density at radius 3 is 2.71 bits per heavy atom. The van der Waals surface area contributed by atoms with E-state index < -0.39 is 0 Å². The van der Waals surface area contributed by atoms with Crippen LogP contribution in [0.5, 0.6) is 0 Å². The van der Waals surface area contributed by atoms with Gasteiger partial charge >= 0.3 is 0 Å². The molecule has 0 aliphatic carbocycles. The predicted octanol–water partition coefficient (Wildman–Crippen LogP) is 3.28. The van der Waals surface area contributed by atoms with Gasteiger partial charge in [-0.1, -0.05) is 28.1 Å². The van der Waals surface area contributed by atoms with Crippen molar-refractivity contribution >= 4 is 15.9 Å². The molecular formula is C14H21BrN2. The molecule has 1 saturated heterocycles. The summed E-state index contributed by atoms with van der Waals surface area (Å²) in [6, 6.07) is 6.46. The van der Waals surface area contributed by atoms with Gasteiger partial charge in [-0.05, 0) is 50.4 Å². The van der Waals surface area contributed by atoms with E-state index in [2.05, 4.69) is 52.9 Å². The van der Waals surface area contributed by atoms with Gasteiger partial charge in [-0.2, -0.15) is 0 Å². The largest absolute Gasteiger partial charge is 0.326 e. The molecule has 17 heavy (non-hydrogen) atoms. The number of halogens is 1. The van der Waals surface area contributed by atoms with Gasteiger partial charge in [0.25, 0.3) is 0 Å². The Hall–Kier alpha value is -0.380. The van der Waals surface area contributed by atoms with E-state index >= 15 is 0 Å². The van der Waals surface area contributed by atoms with Gasteiger partial charge in [0.2, 0.25) is 0 Å². The van der Waals surface area contributed by atoms with Gasteiger partial charge in [-0.15, -0.1) is 0 Å². The molecule has 0 atom stereocenters. The van der Waals surface area contributed by atoms with Crippen LogP contribution in [0.2, 0.25) is 0 Å². The molecule has 2 N–H and O–H groups in total. The molecule has 0 bridgehead atoms. The maximum atomic E-state index is 5.64. The minimum absolute atomic E-state index is 0.339. The second kappa shape index (κ2) is 5.09. The van der Waals surface area contributed by atoms with E-state index in [1.54, 1.807) is 0 Å². The Labute approximate surface area is 112 Å². The average molecular weight is 297 g/mol. The fourth-order valence-electron chi connectivity index (χ4n) is 2.51. The molecule has 1 fully saturated rings. The molecule has 0 spiro atoms. The van der Waals surface area contributed by atoms with Gasteiger partial charge < -0.3 is 5.73 Å². The highest BCUT2D eigenvalue weighted by Gasteiger charge is 2.31. The first-order valence-electron chi connectivity index (χ1n) is 6.25. The van der Waals surface area contributed by atoms with E-state index in [0.29, 0.717) is 12.1 Å². The Kier molecular flexibility index (Phi) is 3.91. The Morgan fingerprint density at radius 2 is 2.18 bits per heavy atom. The first-order chi connectivity index (χ1) is 8.03. The van der Waals surface area contributed by atoms with Crippen LogP contribution in [0.4, 0.5) is 0 Å². The summed E-state index contributed by atoms with van der Waals surface area (Å²) in [5.41, 5.74) is 8.52. The van der Waals surface area contributed by atoms with Crippen molar-refractivity contribution in [3.05, 3.63) is 33.8 Å². The Bertz CT molecular complexity index is 401. The summed E-state index contributed by atoms with van der Waals surface area (Å²) in [5.74, 6) is 0. The zero-order valence-corrected chi connectivity index (χ0v) is 12.3. The van der Waals surface area contributed by atoms with Crippen LogP contribution in [0.15, 0.2) is 22.7 Å². The lowest BCUT2D eigenvalue weighted by Gasteiger charge is -2.31. The van der Waals surface area contributed by atoms with Crippen molar-refractivity contribution in [2.45, 2.75) is 45.3 Å². The highest BCUT2D eigenvalue weighted by Crippen LogP contribution is 2.31. The minimum Gasteiger partial charge on any atom is -0.326 e. The molecule has 1 aliphatic heterocycles. The van der Waals surface area contributed by atoms with Gasteiger partial charge in [0.1, 0.15) is 0 Å². The van der Waals surface area contributed by atoms with E-state index in [0.717, 1.165) is 6.54 Å². The molecule has 1 aliphatic rings. The van der Waals surface area contributed by atoms with Crippen LogP contribution in [0.25, 0.3) is 0 Å². The maximum absolute atomic E-state index is 5.64. The number of benzene rings is 1. The lowest BCUT2D eigenvalue weighted by molar-refractivity contribution is 0.166. The quantitative estimate of drug-likeness (QED) is 0.927. The smallest absolute Gasteiger partial charge is 0.0250 e. The molecule has 0 radical (unpaired) electrons. The Morgan fingerprint density at radius 1 is 1.41 bits per heavy atom. The van der Waals surface area contributed by atoms with Crippen molar-refractivity contribution < 1.29 is 0 Å². The highest BCUT2D eigenvalue weighted by atomic mass is 79.9. The van der Waals surface area contributed by atoms with Crippen molar-refractivity contribution in [2.24, 2.45) is 5.73 Å². The van der Waals surface area contributed by atoms with Crippen LogP contribution in [-0.2, 0) is 13.1 Å². The fraction of sp³-hybridized carbons (Fsp3) is 0.571. The zero-order valence-electron chi connectivity index (χ0n) is 10.7. The molecular weight excluding hydrogens is 276 g/mol. The monoisotopic (exact) mass is 296 g/mol. The number of rotatable bonds is 3. The van der Waals surface area contributed by atoms with Gasteiger partial charge in [-0.3, -0.25) is 4.90 Å². The zero-order chi connectivity index (χ0) is 12.5. The molecule has 1 heterocycles. The number of nitrogens with two attached hydrogens (primary N) is 1. The lowest BCUT2D eigenvalue weighted by atomic mass is 10.0. The SMILES string of the molecule is CC1(C)CCCN1Cc1ccc(CN)cc1Br. The van der Waals surface area contributed by atoms with Crippen LogP contribution in [0, 0.1) is 0 Å². The predicted molar refractivity (Wildman–Crippen MR) is 75.8 cm³/mol. The summed E-state index contributed by atoms with van der Waals surface area (Å²) in [4.78, 5) is 2.56. The van der Waals surface area contributed by atoms with Crippen LogP contribution < -0.4 is 5.73 Å². The number of hydrogen-bond donors (Lipinski definition) is 1. The second-order valence-electron chi connectivity index (χ2n) is 5.47. The molecule has 0 saturated carbocycles. The summed E-state index contributed by atoms with van der Waals surface area (Å²) < 4.78 is 1.18. The third kappa shape index (κ3) is 2.90. The topological polar surface area (TPSA) is 29.3 Å². The van der Waals surface area contributed by atoms with Crippen LogP contribution in [0.1, 0.15) is 37.8 Å². The van der Waals surface area contributed by atoms with Crippen molar-refractivity contribution in [3.63, 3.8) is 0 Å². The first kappa shape index (κ1) is 13.1. The molecule has 0 unspecified atom stereocenters. The van der Waals surface area contributed by atoms with Crippen molar-refractivity contribution in [1.82, 2.24) is 4.90 Å². The van der Waals surface area contributed by atoms with E-state index in [1.807, 2.05) is 0 Å². The van der Waals surface area contributed by atoms with Crippen LogP contribution in [0.3, 0.4) is 0 Å². The molecule has 1 aromatic carbocycles. The third-order valence-electron chi connectivity index (χ3n) is 3.79. The number of nitrogens with zero attached hydrogens (tertiary/aromatic N) is 1. The first-order valence-corrected chi connectivity index (χ1v) is 7.04. The minimum atomic E-state index is 0.339. The van der Waals surface area contributed by atoms with Gasteiger partial charge in [0.15, 0.2) is 0 Å². The van der Waals surface area contributed by atoms with Crippen LogP contribution >= 0.6 is 15.9 Å². The molecule has 94 valence electrons. The van der Waals surface area contributed by atoms with Crippen molar-refractivity contribution in [3.8, 4) is 0 Å².